The summed E-state index contributed by atoms with van der Waals surface area (Å²) in [5.74, 6) is -0.685. The second kappa shape index (κ2) is 12.7. The van der Waals surface area contributed by atoms with Crippen LogP contribution in [-0.2, 0) is 4.79 Å². The van der Waals surface area contributed by atoms with E-state index in [1.165, 1.54) is 23.3 Å². The number of aromatic amines is 1. The average molecular weight is 424 g/mol. The van der Waals surface area contributed by atoms with E-state index in [2.05, 4.69) is 35.6 Å². The summed E-state index contributed by atoms with van der Waals surface area (Å²) in [6.07, 6.45) is 13.9. The summed E-state index contributed by atoms with van der Waals surface area (Å²) < 4.78 is 15.0. The lowest BCUT2D eigenvalue weighted by atomic mass is 9.89. The molecule has 0 bridgehead atoms. The molecule has 0 aliphatic carbocycles. The highest BCUT2D eigenvalue weighted by atomic mass is 19.1. The number of hydrogen-bond acceptors (Lipinski definition) is 2. The van der Waals surface area contributed by atoms with E-state index in [4.69, 9.17) is 5.73 Å². The van der Waals surface area contributed by atoms with Crippen LogP contribution >= 0.6 is 0 Å². The molecule has 2 unspecified atom stereocenters. The Morgan fingerprint density at radius 1 is 1.42 bits per heavy atom. The number of carbonyl (C=O) groups is 1. The monoisotopic (exact) mass is 423 g/mol. The summed E-state index contributed by atoms with van der Waals surface area (Å²) in [6.45, 7) is 10.00. The van der Waals surface area contributed by atoms with Gasteiger partial charge in [0.25, 0.3) is 0 Å². The Kier molecular flexibility index (Phi) is 9.98. The average Bonchev–Trinajstić information content (AvgIpc) is 2.84. The topological polar surface area (TPSA) is 62.1 Å². The lowest BCUT2D eigenvalue weighted by Crippen LogP contribution is -2.36. The van der Waals surface area contributed by atoms with Crippen LogP contribution < -0.4 is 5.73 Å². The minimum absolute atomic E-state index is 0.237. The number of aromatic nitrogens is 1. The second-order valence-electron chi connectivity index (χ2n) is 8.00. The number of rotatable bonds is 8. The van der Waals surface area contributed by atoms with Crippen LogP contribution in [-0.4, -0.2) is 35.4 Å². The first-order chi connectivity index (χ1) is 14.9. The van der Waals surface area contributed by atoms with Gasteiger partial charge < -0.3 is 10.7 Å². The quantitative estimate of drug-likeness (QED) is 0.442. The number of allylic oxidation sites excluding steroid dienone is 4. The van der Waals surface area contributed by atoms with Gasteiger partial charge in [-0.25, -0.2) is 4.39 Å². The molecular formula is C26H34FN3O. The van der Waals surface area contributed by atoms with Crippen molar-refractivity contribution in [3.63, 3.8) is 0 Å². The number of nitrogens with one attached hydrogen (secondary N) is 1. The highest BCUT2D eigenvalue weighted by molar-refractivity contribution is 5.85. The molecule has 0 aromatic carbocycles. The normalized spacial score (nSPS) is 19.1. The summed E-state index contributed by atoms with van der Waals surface area (Å²) in [5, 5.41) is 0. The Bertz CT molecular complexity index is 895. The third-order valence-electron chi connectivity index (χ3n) is 5.39. The van der Waals surface area contributed by atoms with Crippen LogP contribution in [0.5, 0.6) is 0 Å². The number of aryl methyl sites for hydroxylation is 1. The number of likely N-dealkylation sites (tertiary alicyclic amines) is 1. The summed E-state index contributed by atoms with van der Waals surface area (Å²) in [4.78, 5) is 16.5. The van der Waals surface area contributed by atoms with Crippen molar-refractivity contribution in [3.8, 4) is 0 Å². The fourth-order valence-corrected chi connectivity index (χ4v) is 3.85. The van der Waals surface area contributed by atoms with E-state index < -0.39 is 5.91 Å². The number of primary amides is 1. The van der Waals surface area contributed by atoms with Gasteiger partial charge in [0.1, 0.15) is 5.83 Å². The minimum atomic E-state index is -0.536. The molecule has 166 valence electrons. The Hall–Kier alpha value is -2.92. The van der Waals surface area contributed by atoms with Crippen molar-refractivity contribution in [1.82, 2.24) is 9.88 Å². The molecule has 2 heterocycles. The number of carbonyl (C=O) groups excluding carboxylic acids is 1. The van der Waals surface area contributed by atoms with Crippen LogP contribution in [0.3, 0.4) is 0 Å². The number of halogens is 1. The largest absolute Gasteiger partial charge is 0.367 e. The molecule has 1 aromatic heterocycles. The number of H-pyrrole nitrogens is 1. The summed E-state index contributed by atoms with van der Waals surface area (Å²) in [6, 6.07) is 8.15. The van der Waals surface area contributed by atoms with Gasteiger partial charge in [-0.15, -0.1) is 0 Å². The molecule has 1 aromatic rings. The van der Waals surface area contributed by atoms with Gasteiger partial charge >= 0.3 is 0 Å². The Morgan fingerprint density at radius 2 is 2.23 bits per heavy atom. The molecule has 1 amide bonds. The standard InChI is InChI=1S/C26H34FN3O/c1-4-9-23(25(27)16-20(2)12-13-26(28)31)19-30-15-8-11-22(18-30)24-17-29-14-7-5-6-10-21(24)3/h4-7,9-10,12-14,16-17,20,22,29H,1,8,11,15,18-19H2,2-3H3,(H2,28,31)/b6-5?,13-12+,14-7?,21-10?,23-9-,24-17?,25-16+. The maximum Gasteiger partial charge on any atom is 0.241 e. The third-order valence-corrected chi connectivity index (χ3v) is 5.39. The van der Waals surface area contributed by atoms with E-state index in [1.807, 2.05) is 31.3 Å². The first kappa shape index (κ1) is 24.4. The molecule has 1 fully saturated rings. The molecule has 1 saturated heterocycles. The Morgan fingerprint density at radius 3 is 2.97 bits per heavy atom. The molecule has 0 radical (unpaired) electrons. The number of piperidine rings is 1. The zero-order chi connectivity index (χ0) is 22.6. The predicted molar refractivity (Wildman–Crippen MR) is 127 cm³/mol. The molecule has 0 saturated carbocycles. The fraction of sp³-hybridized carbons (Fsp3) is 0.346. The molecule has 31 heavy (non-hydrogen) atoms. The van der Waals surface area contributed by atoms with Crippen LogP contribution in [0.1, 0.15) is 36.8 Å². The van der Waals surface area contributed by atoms with Crippen molar-refractivity contribution in [2.24, 2.45) is 11.7 Å². The SMILES string of the molecule is C=C/C=C(CN1CCCC(c2c[nH]cccccc2C)C1)\C(F)=C/C(C)/C=C/C(N)=O. The molecule has 0 spiro atoms. The number of nitrogens with zero attached hydrogens (tertiary/aromatic N) is 1. The van der Waals surface area contributed by atoms with Crippen molar-refractivity contribution in [1.29, 1.82) is 0 Å². The maximum atomic E-state index is 15.0. The summed E-state index contributed by atoms with van der Waals surface area (Å²) in [7, 11) is 0. The van der Waals surface area contributed by atoms with Gasteiger partial charge in [-0.2, -0.15) is 0 Å². The van der Waals surface area contributed by atoms with E-state index in [1.54, 1.807) is 18.2 Å². The van der Waals surface area contributed by atoms with E-state index in [9.17, 15) is 9.18 Å². The highest BCUT2D eigenvalue weighted by Gasteiger charge is 2.23. The molecule has 1 aliphatic rings. The summed E-state index contributed by atoms with van der Waals surface area (Å²) in [5.41, 5.74) is 8.24. The van der Waals surface area contributed by atoms with Gasteiger partial charge in [0.05, 0.1) is 0 Å². The van der Waals surface area contributed by atoms with E-state index in [0.29, 0.717) is 18.0 Å². The van der Waals surface area contributed by atoms with Crippen molar-refractivity contribution in [2.45, 2.75) is 32.6 Å². The van der Waals surface area contributed by atoms with Crippen molar-refractivity contribution >= 4 is 5.91 Å². The zero-order valence-corrected chi connectivity index (χ0v) is 18.6. The van der Waals surface area contributed by atoms with E-state index in [0.717, 1.165) is 25.9 Å². The number of hydrogen-bond donors (Lipinski definition) is 2. The first-order valence-corrected chi connectivity index (χ1v) is 10.8. The Labute approximate surface area is 185 Å². The predicted octanol–water partition coefficient (Wildman–Crippen LogP) is 5.27. The van der Waals surface area contributed by atoms with Crippen LogP contribution in [0.2, 0.25) is 0 Å². The van der Waals surface area contributed by atoms with Gasteiger partial charge in [-0.05, 0) is 67.5 Å². The van der Waals surface area contributed by atoms with Crippen LogP contribution in [0.4, 0.5) is 4.39 Å². The highest BCUT2D eigenvalue weighted by Crippen LogP contribution is 2.29. The van der Waals surface area contributed by atoms with Gasteiger partial charge in [-0.3, -0.25) is 9.69 Å². The molecule has 4 nitrogen and oxygen atoms in total. The second-order valence-corrected chi connectivity index (χ2v) is 8.00. The van der Waals surface area contributed by atoms with Gasteiger partial charge in [-0.1, -0.05) is 49.9 Å². The maximum absolute atomic E-state index is 15.0. The van der Waals surface area contributed by atoms with Crippen molar-refractivity contribution < 1.29 is 9.18 Å². The van der Waals surface area contributed by atoms with E-state index in [-0.39, 0.29) is 11.7 Å². The summed E-state index contributed by atoms with van der Waals surface area (Å²) >= 11 is 0. The van der Waals surface area contributed by atoms with Gasteiger partial charge in [0.2, 0.25) is 5.91 Å². The van der Waals surface area contributed by atoms with Crippen LogP contribution in [0, 0.1) is 12.8 Å². The molecule has 2 rings (SSSR count). The fourth-order valence-electron chi connectivity index (χ4n) is 3.85. The van der Waals surface area contributed by atoms with Crippen molar-refractivity contribution in [3.05, 3.63) is 96.1 Å². The smallest absolute Gasteiger partial charge is 0.241 e. The van der Waals surface area contributed by atoms with Gasteiger partial charge in [0, 0.05) is 31.1 Å². The number of nitrogens with two attached hydrogens (primary N) is 1. The molecule has 5 heteroatoms. The molecule has 3 N–H and O–H groups in total. The lowest BCUT2D eigenvalue weighted by molar-refractivity contribution is -0.113. The van der Waals surface area contributed by atoms with Gasteiger partial charge in [0.15, 0.2) is 0 Å². The van der Waals surface area contributed by atoms with Crippen LogP contribution in [0.25, 0.3) is 0 Å². The number of amides is 1. The minimum Gasteiger partial charge on any atom is -0.367 e. The van der Waals surface area contributed by atoms with E-state index >= 15 is 0 Å². The van der Waals surface area contributed by atoms with Crippen LogP contribution in [0.15, 0.2) is 85.0 Å². The first-order valence-electron chi connectivity index (χ1n) is 10.8. The molecule has 1 aliphatic heterocycles. The molecule has 2 atom stereocenters. The lowest BCUT2D eigenvalue weighted by Gasteiger charge is -2.33. The van der Waals surface area contributed by atoms with Crippen molar-refractivity contribution in [2.75, 3.05) is 19.6 Å². The third kappa shape index (κ3) is 8.38. The Balaban J connectivity index is 2.17. The zero-order valence-electron chi connectivity index (χ0n) is 18.6. The molecular weight excluding hydrogens is 389 g/mol.